The number of rotatable bonds is 4. The van der Waals surface area contributed by atoms with Crippen molar-refractivity contribution in [2.75, 3.05) is 5.75 Å². The van der Waals surface area contributed by atoms with Gasteiger partial charge in [-0.1, -0.05) is 30.4 Å². The maximum Gasteiger partial charge on any atom is 0.268 e. The summed E-state index contributed by atoms with van der Waals surface area (Å²) < 4.78 is 25.3. The average Bonchev–Trinajstić information content (AvgIpc) is 2.79. The molecule has 0 unspecified atom stereocenters. The van der Waals surface area contributed by atoms with Crippen LogP contribution in [-0.4, -0.2) is 34.4 Å². The number of tetrazole rings is 1. The molecule has 0 atom stereocenters. The van der Waals surface area contributed by atoms with E-state index in [9.17, 15) is 8.42 Å². The van der Waals surface area contributed by atoms with Gasteiger partial charge in [-0.2, -0.15) is 0 Å². The highest BCUT2D eigenvalue weighted by atomic mass is 32.2. The van der Waals surface area contributed by atoms with Gasteiger partial charge in [0.15, 0.2) is 0 Å². The Balaban J connectivity index is 2.30. The van der Waals surface area contributed by atoms with Gasteiger partial charge in [-0.25, -0.2) is 13.1 Å². The van der Waals surface area contributed by atoms with Gasteiger partial charge in [0.05, 0.1) is 11.8 Å². The van der Waals surface area contributed by atoms with E-state index in [-0.39, 0.29) is 17.0 Å². The van der Waals surface area contributed by atoms with E-state index in [1.54, 1.807) is 0 Å². The second-order valence-corrected chi connectivity index (χ2v) is 6.20. The third-order valence-electron chi connectivity index (χ3n) is 3.00. The molecular weight excluding hydrogens is 240 g/mol. The molecular formula is C10H16N4O2S. The maximum absolute atomic E-state index is 11.9. The van der Waals surface area contributed by atoms with Crippen LogP contribution in [0.15, 0.2) is 17.8 Å². The van der Waals surface area contributed by atoms with Crippen LogP contribution in [-0.2, 0) is 9.84 Å². The van der Waals surface area contributed by atoms with Crippen LogP contribution in [0.5, 0.6) is 0 Å². The fourth-order valence-corrected chi connectivity index (χ4v) is 3.27. The van der Waals surface area contributed by atoms with E-state index in [0.717, 1.165) is 25.7 Å². The van der Waals surface area contributed by atoms with Crippen LogP contribution in [0.25, 0.3) is 0 Å². The number of sulfone groups is 1. The second kappa shape index (κ2) is 4.95. The molecule has 1 heterocycles. The molecule has 1 aromatic rings. The summed E-state index contributed by atoms with van der Waals surface area (Å²) in [6.07, 6.45) is 6.66. The van der Waals surface area contributed by atoms with E-state index in [1.165, 1.54) is 17.2 Å². The maximum atomic E-state index is 11.9. The molecule has 0 spiro atoms. The van der Waals surface area contributed by atoms with Gasteiger partial charge in [0.2, 0.25) is 9.84 Å². The smallest absolute Gasteiger partial charge is 0.220 e. The van der Waals surface area contributed by atoms with Crippen molar-refractivity contribution in [3.63, 3.8) is 0 Å². The zero-order chi connectivity index (χ0) is 12.3. The van der Waals surface area contributed by atoms with E-state index in [2.05, 4.69) is 22.1 Å². The first kappa shape index (κ1) is 12.2. The van der Waals surface area contributed by atoms with E-state index in [4.69, 9.17) is 0 Å². The molecule has 0 amide bonds. The summed E-state index contributed by atoms with van der Waals surface area (Å²) in [5, 5.41) is 10.9. The summed E-state index contributed by atoms with van der Waals surface area (Å²) in [6.45, 7) is 3.44. The van der Waals surface area contributed by atoms with Crippen molar-refractivity contribution in [3.8, 4) is 0 Å². The van der Waals surface area contributed by atoms with Gasteiger partial charge in [0, 0.05) is 0 Å². The molecule has 7 heteroatoms. The van der Waals surface area contributed by atoms with Crippen LogP contribution in [0.3, 0.4) is 0 Å². The zero-order valence-electron chi connectivity index (χ0n) is 9.62. The van der Waals surface area contributed by atoms with Gasteiger partial charge in [0.1, 0.15) is 0 Å². The SMILES string of the molecule is C=CCS(=O)(=O)c1nnnn1C1CCCCC1. The Morgan fingerprint density at radius 3 is 2.71 bits per heavy atom. The molecule has 0 radical (unpaired) electrons. The average molecular weight is 256 g/mol. The lowest BCUT2D eigenvalue weighted by Gasteiger charge is -2.21. The highest BCUT2D eigenvalue weighted by Crippen LogP contribution is 2.28. The van der Waals surface area contributed by atoms with Crippen LogP contribution >= 0.6 is 0 Å². The van der Waals surface area contributed by atoms with Crippen LogP contribution in [0.4, 0.5) is 0 Å². The van der Waals surface area contributed by atoms with Crippen LogP contribution < -0.4 is 0 Å². The van der Waals surface area contributed by atoms with Gasteiger partial charge < -0.3 is 0 Å². The van der Waals surface area contributed by atoms with Crippen molar-refractivity contribution in [2.24, 2.45) is 0 Å². The predicted octanol–water partition coefficient (Wildman–Crippen LogP) is 1.14. The minimum atomic E-state index is -3.44. The highest BCUT2D eigenvalue weighted by Gasteiger charge is 2.26. The molecule has 1 aliphatic carbocycles. The highest BCUT2D eigenvalue weighted by molar-refractivity contribution is 7.91. The first-order valence-electron chi connectivity index (χ1n) is 5.76. The normalized spacial score (nSPS) is 18.1. The fourth-order valence-electron chi connectivity index (χ4n) is 2.17. The molecule has 1 saturated carbocycles. The van der Waals surface area contributed by atoms with Gasteiger partial charge in [-0.05, 0) is 23.3 Å². The first-order chi connectivity index (χ1) is 8.15. The number of nitrogens with zero attached hydrogens (tertiary/aromatic N) is 4. The molecule has 2 rings (SSSR count). The Labute approximate surface area is 101 Å². The minimum Gasteiger partial charge on any atom is -0.220 e. The Hall–Kier alpha value is -1.24. The number of hydrogen-bond donors (Lipinski definition) is 0. The van der Waals surface area contributed by atoms with Crippen molar-refractivity contribution in [2.45, 2.75) is 43.3 Å². The lowest BCUT2D eigenvalue weighted by Crippen LogP contribution is -2.20. The lowest BCUT2D eigenvalue weighted by atomic mass is 9.96. The summed E-state index contributed by atoms with van der Waals surface area (Å²) in [4.78, 5) is 0. The van der Waals surface area contributed by atoms with Crippen molar-refractivity contribution < 1.29 is 8.42 Å². The van der Waals surface area contributed by atoms with E-state index in [0.29, 0.717) is 0 Å². The van der Waals surface area contributed by atoms with E-state index >= 15 is 0 Å². The Morgan fingerprint density at radius 1 is 1.35 bits per heavy atom. The molecule has 6 nitrogen and oxygen atoms in total. The lowest BCUT2D eigenvalue weighted by molar-refractivity contribution is 0.305. The molecule has 1 fully saturated rings. The summed E-state index contributed by atoms with van der Waals surface area (Å²) in [6, 6.07) is 0.119. The van der Waals surface area contributed by atoms with Crippen molar-refractivity contribution in [3.05, 3.63) is 12.7 Å². The van der Waals surface area contributed by atoms with Crippen molar-refractivity contribution >= 4 is 9.84 Å². The fraction of sp³-hybridized carbons (Fsp3) is 0.700. The second-order valence-electron chi connectivity index (χ2n) is 4.27. The van der Waals surface area contributed by atoms with Gasteiger partial charge in [-0.15, -0.1) is 6.58 Å². The van der Waals surface area contributed by atoms with Gasteiger partial charge in [0.25, 0.3) is 5.16 Å². The van der Waals surface area contributed by atoms with Gasteiger partial charge in [-0.3, -0.25) is 0 Å². The molecule has 1 aromatic heterocycles. The van der Waals surface area contributed by atoms with Crippen LogP contribution in [0.2, 0.25) is 0 Å². The monoisotopic (exact) mass is 256 g/mol. The Bertz CT molecular complexity index is 488. The molecule has 94 valence electrons. The molecule has 0 aromatic carbocycles. The Morgan fingerprint density at radius 2 is 2.06 bits per heavy atom. The van der Waals surface area contributed by atoms with Crippen LogP contribution in [0.1, 0.15) is 38.1 Å². The predicted molar refractivity (Wildman–Crippen MR) is 62.2 cm³/mol. The van der Waals surface area contributed by atoms with E-state index < -0.39 is 9.84 Å². The third-order valence-corrected chi connectivity index (χ3v) is 4.50. The summed E-state index contributed by atoms with van der Waals surface area (Å²) in [5.74, 6) is -0.125. The minimum absolute atomic E-state index is 0.0238. The standard InChI is InChI=1S/C10H16N4O2S/c1-2-8-17(15,16)10-11-12-13-14(10)9-6-4-3-5-7-9/h2,9H,1,3-8H2. The van der Waals surface area contributed by atoms with E-state index in [1.807, 2.05) is 0 Å². The summed E-state index contributed by atoms with van der Waals surface area (Å²) in [7, 11) is -3.44. The van der Waals surface area contributed by atoms with Crippen LogP contribution in [0, 0.1) is 0 Å². The molecule has 0 bridgehead atoms. The topological polar surface area (TPSA) is 77.7 Å². The molecule has 0 aliphatic heterocycles. The zero-order valence-corrected chi connectivity index (χ0v) is 10.4. The number of hydrogen-bond acceptors (Lipinski definition) is 5. The first-order valence-corrected chi connectivity index (χ1v) is 7.42. The quantitative estimate of drug-likeness (QED) is 0.755. The Kier molecular flexibility index (Phi) is 3.56. The molecule has 0 N–H and O–H groups in total. The largest absolute Gasteiger partial charge is 0.268 e. The molecule has 0 saturated heterocycles. The van der Waals surface area contributed by atoms with Gasteiger partial charge >= 0.3 is 0 Å². The number of aromatic nitrogens is 4. The summed E-state index contributed by atoms with van der Waals surface area (Å²) in [5.41, 5.74) is 0. The summed E-state index contributed by atoms with van der Waals surface area (Å²) >= 11 is 0. The third kappa shape index (κ3) is 2.54. The molecule has 17 heavy (non-hydrogen) atoms. The van der Waals surface area contributed by atoms with Crippen molar-refractivity contribution in [1.82, 2.24) is 20.2 Å². The van der Waals surface area contributed by atoms with Crippen molar-refractivity contribution in [1.29, 1.82) is 0 Å². The molecule has 1 aliphatic rings.